The molecule has 0 aliphatic heterocycles. The average Bonchev–Trinajstić information content (AvgIpc) is 2.52. The van der Waals surface area contributed by atoms with Crippen LogP contribution in [0.3, 0.4) is 0 Å². The quantitative estimate of drug-likeness (QED) is 0.806. The van der Waals surface area contributed by atoms with Crippen molar-refractivity contribution in [2.45, 2.75) is 4.90 Å². The van der Waals surface area contributed by atoms with Crippen LogP contribution in [0.5, 0.6) is 5.75 Å². The van der Waals surface area contributed by atoms with Crippen molar-refractivity contribution in [1.82, 2.24) is 0 Å². The Balaban J connectivity index is 2.28. The molecule has 0 fully saturated rings. The second-order valence-electron chi connectivity index (χ2n) is 4.77. The number of para-hydroxylation sites is 1. The Bertz CT molecular complexity index is 967. The van der Waals surface area contributed by atoms with Crippen molar-refractivity contribution in [2.75, 3.05) is 11.8 Å². The number of anilines is 1. The van der Waals surface area contributed by atoms with Gasteiger partial charge in [-0.25, -0.2) is 22.0 Å². The van der Waals surface area contributed by atoms with E-state index in [0.717, 1.165) is 5.41 Å². The number of methoxy groups -OCH3 is 1. The summed E-state index contributed by atoms with van der Waals surface area (Å²) in [6.07, 6.45) is 1.37. The van der Waals surface area contributed by atoms with Crippen LogP contribution < -0.4 is 14.6 Å². The fraction of sp³-hybridized carbons (Fsp3) is 0.0667. The van der Waals surface area contributed by atoms with Gasteiger partial charge in [-0.1, -0.05) is 24.3 Å². The molecule has 0 radical (unpaired) electrons. The van der Waals surface area contributed by atoms with Crippen molar-refractivity contribution in [2.24, 2.45) is 5.14 Å². The lowest BCUT2D eigenvalue weighted by molar-refractivity contribution is 0.414. The molecule has 7 nitrogen and oxygen atoms in total. The molecule has 2 rings (SSSR count). The van der Waals surface area contributed by atoms with E-state index in [4.69, 9.17) is 9.88 Å². The first-order valence-corrected chi connectivity index (χ1v) is 9.77. The fourth-order valence-electron chi connectivity index (χ4n) is 1.90. The first-order chi connectivity index (χ1) is 11.2. The lowest BCUT2D eigenvalue weighted by Crippen LogP contribution is -2.17. The van der Waals surface area contributed by atoms with Gasteiger partial charge >= 0.3 is 0 Å². The zero-order valence-electron chi connectivity index (χ0n) is 12.7. The normalized spacial score (nSPS) is 12.2. The van der Waals surface area contributed by atoms with E-state index in [0.29, 0.717) is 11.3 Å². The largest absolute Gasteiger partial charge is 0.497 e. The van der Waals surface area contributed by atoms with E-state index < -0.39 is 20.0 Å². The van der Waals surface area contributed by atoms with Gasteiger partial charge in [0.05, 0.1) is 18.2 Å². The minimum atomic E-state index is -4.05. The van der Waals surface area contributed by atoms with Crippen molar-refractivity contribution in [3.8, 4) is 5.75 Å². The lowest BCUT2D eigenvalue weighted by atomic mass is 10.2. The summed E-state index contributed by atoms with van der Waals surface area (Å²) in [6.45, 7) is 0. The Labute approximate surface area is 140 Å². The highest BCUT2D eigenvalue weighted by atomic mass is 32.2. The van der Waals surface area contributed by atoms with Crippen molar-refractivity contribution < 1.29 is 21.6 Å². The number of benzene rings is 2. The SMILES string of the molecule is COc1cccc(/C=C/S(=O)(=O)Nc2ccccc2S(N)(=O)=O)c1. The summed E-state index contributed by atoms with van der Waals surface area (Å²) < 4.78 is 54.5. The van der Waals surface area contributed by atoms with E-state index in [2.05, 4.69) is 4.72 Å². The lowest BCUT2D eigenvalue weighted by Gasteiger charge is -2.09. The van der Waals surface area contributed by atoms with E-state index in [-0.39, 0.29) is 10.6 Å². The van der Waals surface area contributed by atoms with E-state index in [9.17, 15) is 16.8 Å². The summed E-state index contributed by atoms with van der Waals surface area (Å²) in [5, 5.41) is 6.01. The molecule has 0 bridgehead atoms. The molecule has 0 aliphatic carbocycles. The van der Waals surface area contributed by atoms with Crippen LogP contribution >= 0.6 is 0 Å². The highest BCUT2D eigenvalue weighted by Crippen LogP contribution is 2.21. The van der Waals surface area contributed by atoms with Crippen LogP contribution in [0.25, 0.3) is 6.08 Å². The average molecular weight is 368 g/mol. The molecule has 24 heavy (non-hydrogen) atoms. The summed E-state index contributed by atoms with van der Waals surface area (Å²) in [7, 11) is -6.47. The van der Waals surface area contributed by atoms with Crippen molar-refractivity contribution in [3.05, 3.63) is 59.5 Å². The number of primary sulfonamides is 1. The topological polar surface area (TPSA) is 116 Å². The number of nitrogens with two attached hydrogens (primary N) is 1. The maximum absolute atomic E-state index is 12.1. The zero-order valence-corrected chi connectivity index (χ0v) is 14.3. The standard InChI is InChI=1S/C15H16N2O5S2/c1-22-13-6-4-5-12(11-13)9-10-23(18,19)17-14-7-2-3-8-15(14)24(16,20)21/h2-11,17H,1H3,(H2,16,20,21)/b10-9+. The van der Waals surface area contributed by atoms with Gasteiger partial charge in [-0.05, 0) is 35.9 Å². The highest BCUT2D eigenvalue weighted by molar-refractivity contribution is 7.95. The third-order valence-corrected chi connectivity index (χ3v) is 4.95. The van der Waals surface area contributed by atoms with Crippen LogP contribution in [0.2, 0.25) is 0 Å². The highest BCUT2D eigenvalue weighted by Gasteiger charge is 2.16. The summed E-state index contributed by atoms with van der Waals surface area (Å²) in [5.41, 5.74) is 0.495. The second-order valence-corrected chi connectivity index (χ2v) is 7.86. The molecule has 0 aromatic heterocycles. The van der Waals surface area contributed by atoms with Gasteiger partial charge in [0.2, 0.25) is 10.0 Å². The summed E-state index contributed by atoms with van der Waals surface area (Å²) in [5.74, 6) is 0.585. The molecule has 0 saturated heterocycles. The molecular weight excluding hydrogens is 352 g/mol. The van der Waals surface area contributed by atoms with Gasteiger partial charge in [0.1, 0.15) is 10.6 Å². The van der Waals surface area contributed by atoms with Gasteiger partial charge in [0, 0.05) is 0 Å². The molecule has 0 heterocycles. The molecule has 0 unspecified atom stereocenters. The number of nitrogens with one attached hydrogen (secondary N) is 1. The van der Waals surface area contributed by atoms with Crippen LogP contribution in [0.4, 0.5) is 5.69 Å². The third-order valence-electron chi connectivity index (χ3n) is 2.98. The first kappa shape index (κ1) is 18.0. The number of rotatable bonds is 6. The van der Waals surface area contributed by atoms with Crippen molar-refractivity contribution in [3.63, 3.8) is 0 Å². The van der Waals surface area contributed by atoms with Crippen LogP contribution in [0.1, 0.15) is 5.56 Å². The van der Waals surface area contributed by atoms with Crippen molar-refractivity contribution >= 4 is 31.8 Å². The van der Waals surface area contributed by atoms with E-state index >= 15 is 0 Å². The van der Waals surface area contributed by atoms with Crippen LogP contribution in [-0.2, 0) is 20.0 Å². The molecular formula is C15H16N2O5S2. The summed E-state index contributed by atoms with van der Waals surface area (Å²) in [6, 6.07) is 12.3. The number of sulfonamides is 2. The first-order valence-electron chi connectivity index (χ1n) is 6.68. The Hall–Kier alpha value is -2.36. The smallest absolute Gasteiger partial charge is 0.255 e. The van der Waals surface area contributed by atoms with Gasteiger partial charge in [-0.2, -0.15) is 0 Å². The number of ether oxygens (including phenoxy) is 1. The van der Waals surface area contributed by atoms with Gasteiger partial charge in [-0.3, -0.25) is 4.72 Å². The fourth-order valence-corrected chi connectivity index (χ4v) is 3.55. The third kappa shape index (κ3) is 4.82. The number of hydrogen-bond acceptors (Lipinski definition) is 5. The van der Waals surface area contributed by atoms with E-state index in [1.54, 1.807) is 24.3 Å². The van der Waals surface area contributed by atoms with E-state index in [1.807, 2.05) is 0 Å². The predicted octanol–water partition coefficient (Wildman–Crippen LogP) is 1.76. The second kappa shape index (κ2) is 7.04. The maximum atomic E-state index is 12.1. The van der Waals surface area contributed by atoms with Gasteiger partial charge in [-0.15, -0.1) is 0 Å². The maximum Gasteiger partial charge on any atom is 0.255 e. The summed E-state index contributed by atoms with van der Waals surface area (Å²) in [4.78, 5) is -0.302. The molecule has 0 aliphatic rings. The Morgan fingerprint density at radius 2 is 1.75 bits per heavy atom. The Morgan fingerprint density at radius 1 is 1.04 bits per heavy atom. The molecule has 0 spiro atoms. The minimum absolute atomic E-state index is 0.115. The monoisotopic (exact) mass is 368 g/mol. The Kier molecular flexibility index (Phi) is 5.27. The molecule has 0 saturated carbocycles. The summed E-state index contributed by atoms with van der Waals surface area (Å²) >= 11 is 0. The Morgan fingerprint density at radius 3 is 2.42 bits per heavy atom. The number of hydrogen-bond donors (Lipinski definition) is 2. The molecule has 0 atom stereocenters. The zero-order chi connectivity index (χ0) is 17.8. The predicted molar refractivity (Wildman–Crippen MR) is 92.4 cm³/mol. The van der Waals surface area contributed by atoms with Gasteiger partial charge in [0.15, 0.2) is 0 Å². The molecule has 128 valence electrons. The minimum Gasteiger partial charge on any atom is -0.497 e. The molecule has 0 amide bonds. The molecule has 9 heteroatoms. The van der Waals surface area contributed by atoms with Crippen molar-refractivity contribution in [1.29, 1.82) is 0 Å². The molecule has 3 N–H and O–H groups in total. The molecule has 2 aromatic carbocycles. The molecule has 2 aromatic rings. The van der Waals surface area contributed by atoms with E-state index in [1.165, 1.54) is 37.5 Å². The van der Waals surface area contributed by atoms with Crippen LogP contribution in [0.15, 0.2) is 58.8 Å². The van der Waals surface area contributed by atoms with Gasteiger partial charge < -0.3 is 4.74 Å². The van der Waals surface area contributed by atoms with Crippen LogP contribution in [0, 0.1) is 0 Å². The van der Waals surface area contributed by atoms with Crippen LogP contribution in [-0.4, -0.2) is 23.9 Å². The van der Waals surface area contributed by atoms with Gasteiger partial charge in [0.25, 0.3) is 10.0 Å².